The number of morpholine rings is 1. The highest BCUT2D eigenvalue weighted by Gasteiger charge is 2.42. The molecule has 6 nitrogen and oxygen atoms in total. The maximum absolute atomic E-state index is 12.0. The Morgan fingerprint density at radius 1 is 1.41 bits per heavy atom. The first-order chi connectivity index (χ1) is 8.00. The minimum absolute atomic E-state index is 0.257. The van der Waals surface area contributed by atoms with E-state index in [0.717, 1.165) is 0 Å². The van der Waals surface area contributed by atoms with Crippen LogP contribution in [-0.4, -0.2) is 55.3 Å². The van der Waals surface area contributed by atoms with Crippen LogP contribution in [0.2, 0.25) is 0 Å². The Bertz CT molecular complexity index is 289. The SMILES string of the molecule is CCOC(=O)C(C)(NC(C)=O)N1CCOCC1. The van der Waals surface area contributed by atoms with E-state index in [2.05, 4.69) is 5.32 Å². The van der Waals surface area contributed by atoms with Crippen LogP contribution < -0.4 is 5.32 Å². The summed E-state index contributed by atoms with van der Waals surface area (Å²) in [6.07, 6.45) is 0. The van der Waals surface area contributed by atoms with Gasteiger partial charge in [0, 0.05) is 20.0 Å². The standard InChI is InChI=1S/C11H20N2O4/c1-4-17-10(15)11(3,12-9(2)14)13-5-7-16-8-6-13/h4-8H2,1-3H3,(H,12,14). The summed E-state index contributed by atoms with van der Waals surface area (Å²) < 4.78 is 10.3. The lowest BCUT2D eigenvalue weighted by Gasteiger charge is -2.41. The molecule has 1 rings (SSSR count). The van der Waals surface area contributed by atoms with Gasteiger partial charge in [-0.15, -0.1) is 0 Å². The van der Waals surface area contributed by atoms with Crippen molar-refractivity contribution in [2.75, 3.05) is 32.9 Å². The molecule has 1 fully saturated rings. The van der Waals surface area contributed by atoms with Gasteiger partial charge in [0.1, 0.15) is 0 Å². The van der Waals surface area contributed by atoms with Gasteiger partial charge >= 0.3 is 5.97 Å². The van der Waals surface area contributed by atoms with Gasteiger partial charge in [0.2, 0.25) is 5.91 Å². The van der Waals surface area contributed by atoms with E-state index in [1.165, 1.54) is 6.92 Å². The molecule has 17 heavy (non-hydrogen) atoms. The lowest BCUT2D eigenvalue weighted by atomic mass is 10.1. The molecule has 0 aromatic rings. The monoisotopic (exact) mass is 244 g/mol. The van der Waals surface area contributed by atoms with Crippen molar-refractivity contribution in [2.45, 2.75) is 26.4 Å². The fourth-order valence-corrected chi connectivity index (χ4v) is 1.88. The summed E-state index contributed by atoms with van der Waals surface area (Å²) in [5, 5.41) is 2.67. The van der Waals surface area contributed by atoms with Crippen molar-refractivity contribution in [3.8, 4) is 0 Å². The molecule has 1 aliphatic rings. The smallest absolute Gasteiger partial charge is 0.347 e. The van der Waals surface area contributed by atoms with Gasteiger partial charge in [-0.25, -0.2) is 4.79 Å². The van der Waals surface area contributed by atoms with E-state index in [9.17, 15) is 9.59 Å². The average molecular weight is 244 g/mol. The third kappa shape index (κ3) is 3.41. The second kappa shape index (κ2) is 5.97. The number of carbonyl (C=O) groups excluding carboxylic acids is 2. The summed E-state index contributed by atoms with van der Waals surface area (Å²) in [5.41, 5.74) is -1.11. The van der Waals surface area contributed by atoms with Crippen LogP contribution in [0.5, 0.6) is 0 Å². The molecule has 0 aromatic carbocycles. The molecule has 0 saturated carbocycles. The topological polar surface area (TPSA) is 67.9 Å². The highest BCUT2D eigenvalue weighted by atomic mass is 16.5. The van der Waals surface area contributed by atoms with Gasteiger partial charge in [-0.3, -0.25) is 9.69 Å². The molecule has 0 spiro atoms. The lowest BCUT2D eigenvalue weighted by Crippen LogP contribution is -2.66. The number of nitrogens with zero attached hydrogens (tertiary/aromatic N) is 1. The van der Waals surface area contributed by atoms with Gasteiger partial charge < -0.3 is 14.8 Å². The highest BCUT2D eigenvalue weighted by Crippen LogP contribution is 2.16. The lowest BCUT2D eigenvalue weighted by molar-refractivity contribution is -0.165. The molecule has 0 bridgehead atoms. The number of hydrogen-bond acceptors (Lipinski definition) is 5. The first kappa shape index (κ1) is 13.9. The van der Waals surface area contributed by atoms with Gasteiger partial charge in [0.05, 0.1) is 19.8 Å². The van der Waals surface area contributed by atoms with Crippen molar-refractivity contribution in [3.05, 3.63) is 0 Å². The molecule has 0 aromatic heterocycles. The fourth-order valence-electron chi connectivity index (χ4n) is 1.88. The van der Waals surface area contributed by atoms with Crippen LogP contribution in [0.4, 0.5) is 0 Å². The van der Waals surface area contributed by atoms with E-state index in [-0.39, 0.29) is 5.91 Å². The maximum Gasteiger partial charge on any atom is 0.347 e. The number of hydrogen-bond donors (Lipinski definition) is 1. The van der Waals surface area contributed by atoms with E-state index in [1.807, 2.05) is 4.90 Å². The molecule has 6 heteroatoms. The predicted octanol–water partition coefficient (Wildman–Crippen LogP) is -0.266. The Kier molecular flexibility index (Phi) is 4.89. The molecule has 1 atom stereocenters. The van der Waals surface area contributed by atoms with Crippen molar-refractivity contribution >= 4 is 11.9 Å². The van der Waals surface area contributed by atoms with Crippen LogP contribution in [-0.2, 0) is 19.1 Å². The Morgan fingerprint density at radius 3 is 2.47 bits per heavy atom. The fraction of sp³-hybridized carbons (Fsp3) is 0.818. The number of rotatable bonds is 4. The summed E-state index contributed by atoms with van der Waals surface area (Å²) in [5.74, 6) is -0.691. The van der Waals surface area contributed by atoms with Crippen molar-refractivity contribution in [2.24, 2.45) is 0 Å². The second-order valence-electron chi connectivity index (χ2n) is 4.07. The van der Waals surface area contributed by atoms with Crippen LogP contribution >= 0.6 is 0 Å². The summed E-state index contributed by atoms with van der Waals surface area (Å²) in [6, 6.07) is 0. The van der Waals surface area contributed by atoms with Gasteiger partial charge in [-0.2, -0.15) is 0 Å². The predicted molar refractivity (Wildman–Crippen MR) is 61.2 cm³/mol. The van der Waals surface area contributed by atoms with Crippen LogP contribution in [0.15, 0.2) is 0 Å². The van der Waals surface area contributed by atoms with E-state index in [1.54, 1.807) is 13.8 Å². The number of esters is 1. The zero-order valence-corrected chi connectivity index (χ0v) is 10.6. The molecular formula is C11H20N2O4. The molecule has 1 amide bonds. The summed E-state index contributed by atoms with van der Waals surface area (Å²) in [7, 11) is 0. The number of ether oxygens (including phenoxy) is 2. The number of carbonyl (C=O) groups is 2. The summed E-state index contributed by atoms with van der Waals surface area (Å²) in [6.45, 7) is 7.37. The first-order valence-corrected chi connectivity index (χ1v) is 5.79. The largest absolute Gasteiger partial charge is 0.463 e. The third-order valence-electron chi connectivity index (χ3n) is 2.74. The third-order valence-corrected chi connectivity index (χ3v) is 2.74. The van der Waals surface area contributed by atoms with E-state index >= 15 is 0 Å². The zero-order chi connectivity index (χ0) is 12.9. The molecule has 1 unspecified atom stereocenters. The number of nitrogens with one attached hydrogen (secondary N) is 1. The van der Waals surface area contributed by atoms with E-state index in [4.69, 9.17) is 9.47 Å². The Labute approximate surface area is 101 Å². The van der Waals surface area contributed by atoms with E-state index < -0.39 is 11.6 Å². The van der Waals surface area contributed by atoms with Crippen LogP contribution in [0.25, 0.3) is 0 Å². The maximum atomic E-state index is 12.0. The summed E-state index contributed by atoms with van der Waals surface area (Å²) in [4.78, 5) is 25.1. The van der Waals surface area contributed by atoms with Crippen molar-refractivity contribution < 1.29 is 19.1 Å². The minimum Gasteiger partial charge on any atom is -0.463 e. The van der Waals surface area contributed by atoms with Crippen LogP contribution in [0, 0.1) is 0 Å². The average Bonchev–Trinajstić information content (AvgIpc) is 2.29. The van der Waals surface area contributed by atoms with Gasteiger partial charge in [0.15, 0.2) is 5.66 Å². The first-order valence-electron chi connectivity index (χ1n) is 5.79. The minimum atomic E-state index is -1.11. The molecule has 1 aliphatic heterocycles. The molecule has 98 valence electrons. The Morgan fingerprint density at radius 2 is 2.00 bits per heavy atom. The molecule has 0 radical (unpaired) electrons. The van der Waals surface area contributed by atoms with Crippen molar-refractivity contribution in [3.63, 3.8) is 0 Å². The molecule has 1 saturated heterocycles. The normalized spacial score (nSPS) is 20.4. The van der Waals surface area contributed by atoms with Gasteiger partial charge in [-0.1, -0.05) is 0 Å². The summed E-state index contributed by atoms with van der Waals surface area (Å²) >= 11 is 0. The molecular weight excluding hydrogens is 224 g/mol. The van der Waals surface area contributed by atoms with Gasteiger partial charge in [-0.05, 0) is 13.8 Å². The quantitative estimate of drug-likeness (QED) is 0.690. The van der Waals surface area contributed by atoms with Crippen LogP contribution in [0.3, 0.4) is 0 Å². The van der Waals surface area contributed by atoms with Crippen LogP contribution in [0.1, 0.15) is 20.8 Å². The van der Waals surface area contributed by atoms with Gasteiger partial charge in [0.25, 0.3) is 0 Å². The molecule has 0 aliphatic carbocycles. The Balaban J connectivity index is 2.82. The zero-order valence-electron chi connectivity index (χ0n) is 10.6. The second-order valence-corrected chi connectivity index (χ2v) is 4.07. The van der Waals surface area contributed by atoms with Crippen molar-refractivity contribution in [1.29, 1.82) is 0 Å². The van der Waals surface area contributed by atoms with Crippen molar-refractivity contribution in [1.82, 2.24) is 10.2 Å². The molecule has 1 heterocycles. The molecule has 1 N–H and O–H groups in total. The highest BCUT2D eigenvalue weighted by molar-refractivity contribution is 5.86. The Hall–Kier alpha value is -1.14. The van der Waals surface area contributed by atoms with E-state index in [0.29, 0.717) is 32.9 Å². The number of amides is 1.